The summed E-state index contributed by atoms with van der Waals surface area (Å²) in [7, 11) is 4.17. The highest BCUT2D eigenvalue weighted by Crippen LogP contribution is 2.22. The Balaban J connectivity index is 2.58. The number of nitrogens with one attached hydrogen (secondary N) is 1. The van der Waals surface area contributed by atoms with Crippen molar-refractivity contribution in [2.75, 3.05) is 27.2 Å². The summed E-state index contributed by atoms with van der Waals surface area (Å²) < 4.78 is 0. The van der Waals surface area contributed by atoms with Gasteiger partial charge in [-0.05, 0) is 52.0 Å². The molecule has 0 spiro atoms. The maximum Gasteiger partial charge on any atom is 0.0945 e. The highest BCUT2D eigenvalue weighted by Gasteiger charge is 2.23. The van der Waals surface area contributed by atoms with Crippen LogP contribution in [0.4, 0.5) is 0 Å². The van der Waals surface area contributed by atoms with Crippen molar-refractivity contribution in [2.24, 2.45) is 5.92 Å². The van der Waals surface area contributed by atoms with Crippen LogP contribution < -0.4 is 5.32 Å². The van der Waals surface area contributed by atoms with E-state index in [2.05, 4.69) is 57.2 Å². The predicted octanol–water partition coefficient (Wildman–Crippen LogP) is 2.59. The molecule has 0 aliphatic rings. The first-order valence-electron chi connectivity index (χ1n) is 7.54. The highest BCUT2D eigenvalue weighted by atomic mass is 16.3. The summed E-state index contributed by atoms with van der Waals surface area (Å²) in [6, 6.07) is 8.26. The van der Waals surface area contributed by atoms with E-state index in [-0.39, 0.29) is 6.04 Å². The number of nitrogens with zero attached hydrogens (tertiary/aromatic N) is 1. The summed E-state index contributed by atoms with van der Waals surface area (Å²) in [5.74, 6) is 0.394. The highest BCUT2D eigenvalue weighted by molar-refractivity contribution is 5.24. The molecule has 3 nitrogen and oxygen atoms in total. The van der Waals surface area contributed by atoms with Crippen molar-refractivity contribution in [3.63, 3.8) is 0 Å². The fourth-order valence-electron chi connectivity index (χ4n) is 2.35. The summed E-state index contributed by atoms with van der Waals surface area (Å²) in [4.78, 5) is 2.18. The predicted molar refractivity (Wildman–Crippen MR) is 85.9 cm³/mol. The van der Waals surface area contributed by atoms with Crippen molar-refractivity contribution < 1.29 is 5.11 Å². The van der Waals surface area contributed by atoms with Gasteiger partial charge in [-0.15, -0.1) is 0 Å². The summed E-state index contributed by atoms with van der Waals surface area (Å²) in [5, 5.41) is 14.1. The van der Waals surface area contributed by atoms with Gasteiger partial charge in [-0.3, -0.25) is 0 Å². The van der Waals surface area contributed by atoms with Crippen LogP contribution in [-0.2, 0) is 0 Å². The monoisotopic (exact) mass is 278 g/mol. The van der Waals surface area contributed by atoms with E-state index in [9.17, 15) is 5.11 Å². The summed E-state index contributed by atoms with van der Waals surface area (Å²) in [6.45, 7) is 8.38. The lowest BCUT2D eigenvalue weighted by molar-refractivity contribution is 0.105. The number of hydrogen-bond acceptors (Lipinski definition) is 3. The molecule has 0 bridgehead atoms. The van der Waals surface area contributed by atoms with E-state index in [0.29, 0.717) is 5.92 Å². The van der Waals surface area contributed by atoms with Gasteiger partial charge >= 0.3 is 0 Å². The van der Waals surface area contributed by atoms with Crippen LogP contribution in [0, 0.1) is 12.8 Å². The standard InChI is InChI=1S/C17H30N2O/c1-13(2)16(18-11-6-12-19(4)5)17(20)15-9-7-14(3)8-10-15/h7-10,13,16-18,20H,6,11-12H2,1-5H3. The number of aryl methyl sites for hydroxylation is 1. The van der Waals surface area contributed by atoms with Gasteiger partial charge in [0.05, 0.1) is 6.10 Å². The van der Waals surface area contributed by atoms with Gasteiger partial charge in [-0.25, -0.2) is 0 Å². The Morgan fingerprint density at radius 1 is 1.15 bits per heavy atom. The van der Waals surface area contributed by atoms with Crippen LogP contribution in [0.2, 0.25) is 0 Å². The molecule has 2 unspecified atom stereocenters. The van der Waals surface area contributed by atoms with Crippen LogP contribution in [0.25, 0.3) is 0 Å². The second-order valence-corrected chi connectivity index (χ2v) is 6.24. The number of aliphatic hydroxyl groups is 1. The van der Waals surface area contributed by atoms with Gasteiger partial charge in [-0.1, -0.05) is 43.7 Å². The van der Waals surface area contributed by atoms with Gasteiger partial charge in [0.15, 0.2) is 0 Å². The van der Waals surface area contributed by atoms with Crippen LogP contribution in [0.1, 0.15) is 37.5 Å². The summed E-state index contributed by atoms with van der Waals surface area (Å²) in [5.41, 5.74) is 2.22. The molecule has 0 aliphatic carbocycles. The molecule has 2 N–H and O–H groups in total. The molecule has 0 saturated heterocycles. The number of rotatable bonds is 8. The van der Waals surface area contributed by atoms with Crippen LogP contribution in [0.15, 0.2) is 24.3 Å². The first kappa shape index (κ1) is 17.2. The van der Waals surface area contributed by atoms with Gasteiger partial charge in [0.2, 0.25) is 0 Å². The Hall–Kier alpha value is -0.900. The molecule has 1 aromatic rings. The fourth-order valence-corrected chi connectivity index (χ4v) is 2.35. The first-order chi connectivity index (χ1) is 9.41. The van der Waals surface area contributed by atoms with Gasteiger partial charge in [-0.2, -0.15) is 0 Å². The van der Waals surface area contributed by atoms with Crippen molar-refractivity contribution in [3.8, 4) is 0 Å². The fraction of sp³-hybridized carbons (Fsp3) is 0.647. The SMILES string of the molecule is Cc1ccc(C(O)C(NCCCN(C)C)C(C)C)cc1. The molecule has 20 heavy (non-hydrogen) atoms. The summed E-state index contributed by atoms with van der Waals surface area (Å²) in [6.07, 6.45) is 0.645. The third-order valence-electron chi connectivity index (χ3n) is 3.64. The Morgan fingerprint density at radius 2 is 1.75 bits per heavy atom. The molecule has 0 aliphatic heterocycles. The van der Waals surface area contributed by atoms with Crippen LogP contribution in [-0.4, -0.2) is 43.2 Å². The lowest BCUT2D eigenvalue weighted by Crippen LogP contribution is -2.40. The third kappa shape index (κ3) is 5.61. The van der Waals surface area contributed by atoms with E-state index in [0.717, 1.165) is 25.1 Å². The molecule has 0 saturated carbocycles. The molecule has 0 radical (unpaired) electrons. The second-order valence-electron chi connectivity index (χ2n) is 6.24. The lowest BCUT2D eigenvalue weighted by Gasteiger charge is -2.28. The minimum Gasteiger partial charge on any atom is -0.387 e. The molecule has 3 heteroatoms. The Morgan fingerprint density at radius 3 is 2.25 bits per heavy atom. The van der Waals surface area contributed by atoms with Gasteiger partial charge in [0, 0.05) is 6.04 Å². The summed E-state index contributed by atoms with van der Waals surface area (Å²) >= 11 is 0. The van der Waals surface area contributed by atoms with Crippen molar-refractivity contribution in [3.05, 3.63) is 35.4 Å². The molecular formula is C17H30N2O. The normalized spacial score (nSPS) is 14.8. The van der Waals surface area contributed by atoms with Crippen molar-refractivity contribution >= 4 is 0 Å². The topological polar surface area (TPSA) is 35.5 Å². The van der Waals surface area contributed by atoms with E-state index >= 15 is 0 Å². The Labute approximate surface area is 124 Å². The van der Waals surface area contributed by atoms with E-state index in [1.165, 1.54) is 5.56 Å². The number of aliphatic hydroxyl groups excluding tert-OH is 1. The maximum atomic E-state index is 10.6. The number of benzene rings is 1. The molecule has 1 aromatic carbocycles. The molecule has 0 aromatic heterocycles. The smallest absolute Gasteiger partial charge is 0.0945 e. The molecule has 0 fully saturated rings. The van der Waals surface area contributed by atoms with Gasteiger partial charge in [0.25, 0.3) is 0 Å². The van der Waals surface area contributed by atoms with Gasteiger partial charge in [0.1, 0.15) is 0 Å². The maximum absolute atomic E-state index is 10.6. The van der Waals surface area contributed by atoms with E-state index in [4.69, 9.17) is 0 Å². The van der Waals surface area contributed by atoms with Crippen molar-refractivity contribution in [2.45, 2.75) is 39.3 Å². The molecule has 0 amide bonds. The molecule has 0 heterocycles. The van der Waals surface area contributed by atoms with Crippen molar-refractivity contribution in [1.29, 1.82) is 0 Å². The van der Waals surface area contributed by atoms with Crippen LogP contribution >= 0.6 is 0 Å². The molecule has 1 rings (SSSR count). The Bertz CT molecular complexity index is 373. The lowest BCUT2D eigenvalue weighted by atomic mass is 9.93. The van der Waals surface area contributed by atoms with Crippen molar-refractivity contribution in [1.82, 2.24) is 10.2 Å². The van der Waals surface area contributed by atoms with Gasteiger partial charge < -0.3 is 15.3 Å². The zero-order chi connectivity index (χ0) is 15.1. The minimum atomic E-state index is -0.449. The average Bonchev–Trinajstić information content (AvgIpc) is 2.38. The molecule has 114 valence electrons. The zero-order valence-electron chi connectivity index (χ0n) is 13.6. The van der Waals surface area contributed by atoms with E-state index < -0.39 is 6.10 Å². The molecule has 2 atom stereocenters. The van der Waals surface area contributed by atoms with Crippen LogP contribution in [0.5, 0.6) is 0 Å². The minimum absolute atomic E-state index is 0.0971. The quantitative estimate of drug-likeness (QED) is 0.718. The largest absolute Gasteiger partial charge is 0.387 e. The number of hydrogen-bond donors (Lipinski definition) is 2. The molecular weight excluding hydrogens is 248 g/mol. The van der Waals surface area contributed by atoms with Crippen LogP contribution in [0.3, 0.4) is 0 Å². The van der Waals surface area contributed by atoms with E-state index in [1.54, 1.807) is 0 Å². The zero-order valence-corrected chi connectivity index (χ0v) is 13.6. The van der Waals surface area contributed by atoms with E-state index in [1.807, 2.05) is 12.1 Å². The Kier molecular flexibility index (Phi) is 7.20. The average molecular weight is 278 g/mol. The first-order valence-corrected chi connectivity index (χ1v) is 7.54. The second kappa shape index (κ2) is 8.40. The third-order valence-corrected chi connectivity index (χ3v) is 3.64.